The molecular formula is C15H16N4OS. The minimum atomic E-state index is -0.576. The normalized spacial score (nSPS) is 15.7. The van der Waals surface area contributed by atoms with Gasteiger partial charge in [-0.05, 0) is 37.5 Å². The lowest BCUT2D eigenvalue weighted by atomic mass is 10.1. The second kappa shape index (κ2) is 5.88. The van der Waals surface area contributed by atoms with Crippen LogP contribution < -0.4 is 0 Å². The van der Waals surface area contributed by atoms with Gasteiger partial charge in [-0.1, -0.05) is 23.9 Å². The van der Waals surface area contributed by atoms with Crippen LogP contribution >= 0.6 is 11.8 Å². The second-order valence-corrected chi connectivity index (χ2v) is 6.18. The Hall–Kier alpha value is -1.84. The molecule has 1 aliphatic carbocycles. The predicted molar refractivity (Wildman–Crippen MR) is 79.9 cm³/mol. The molecule has 108 valence electrons. The molecule has 6 heteroatoms. The highest BCUT2D eigenvalue weighted by Gasteiger charge is 2.28. The van der Waals surface area contributed by atoms with Crippen molar-refractivity contribution in [2.24, 2.45) is 0 Å². The average Bonchev–Trinajstić information content (AvgIpc) is 3.28. The van der Waals surface area contributed by atoms with E-state index in [0.717, 1.165) is 16.5 Å². The molecule has 1 saturated carbocycles. The first-order valence-corrected chi connectivity index (χ1v) is 7.90. The van der Waals surface area contributed by atoms with Crippen LogP contribution in [0, 0.1) is 18.3 Å². The molecule has 0 aliphatic heterocycles. The number of hydrogen-bond acceptors (Lipinski definition) is 5. The molecule has 1 fully saturated rings. The number of benzene rings is 1. The molecule has 1 unspecified atom stereocenters. The first-order chi connectivity index (χ1) is 10.2. The summed E-state index contributed by atoms with van der Waals surface area (Å²) in [4.78, 5) is 0. The van der Waals surface area contributed by atoms with E-state index in [4.69, 9.17) is 5.26 Å². The number of aryl methyl sites for hydroxylation is 1. The van der Waals surface area contributed by atoms with Crippen LogP contribution in [0.5, 0.6) is 0 Å². The molecule has 1 atom stereocenters. The second-order valence-electron chi connectivity index (χ2n) is 5.19. The summed E-state index contributed by atoms with van der Waals surface area (Å²) in [6.45, 7) is 1.96. The summed E-state index contributed by atoms with van der Waals surface area (Å²) in [6, 6.07) is 9.64. The van der Waals surface area contributed by atoms with Gasteiger partial charge in [0.1, 0.15) is 5.82 Å². The summed E-state index contributed by atoms with van der Waals surface area (Å²) in [5, 5.41) is 28.2. The van der Waals surface area contributed by atoms with Crippen LogP contribution in [0.25, 0.3) is 0 Å². The van der Waals surface area contributed by atoms with Gasteiger partial charge in [0.2, 0.25) is 0 Å². The van der Waals surface area contributed by atoms with Crippen LogP contribution in [0.3, 0.4) is 0 Å². The fourth-order valence-corrected chi connectivity index (χ4v) is 3.25. The standard InChI is InChI=1S/C15H16N4OS/c1-10-17-18-15(19(10)13-6-7-13)21-9-14(20)12-4-2-11(8-16)3-5-12/h2-5,13-14,20H,6-7,9H2,1H3. The van der Waals surface area contributed by atoms with Crippen molar-refractivity contribution >= 4 is 11.8 Å². The van der Waals surface area contributed by atoms with E-state index in [0.29, 0.717) is 17.4 Å². The van der Waals surface area contributed by atoms with E-state index in [1.807, 2.05) is 6.92 Å². The Morgan fingerprint density at radius 1 is 1.38 bits per heavy atom. The summed E-state index contributed by atoms with van der Waals surface area (Å²) >= 11 is 1.52. The van der Waals surface area contributed by atoms with Gasteiger partial charge in [0.25, 0.3) is 0 Å². The Morgan fingerprint density at radius 2 is 2.10 bits per heavy atom. The van der Waals surface area contributed by atoms with E-state index in [1.165, 1.54) is 24.6 Å². The number of nitriles is 1. The molecule has 1 aromatic carbocycles. The number of aliphatic hydroxyl groups excluding tert-OH is 1. The van der Waals surface area contributed by atoms with Crippen molar-refractivity contribution in [1.29, 1.82) is 5.26 Å². The highest BCUT2D eigenvalue weighted by Crippen LogP contribution is 2.39. The number of aliphatic hydroxyl groups is 1. The van der Waals surface area contributed by atoms with Gasteiger partial charge in [0.05, 0.1) is 17.7 Å². The van der Waals surface area contributed by atoms with Gasteiger partial charge < -0.3 is 9.67 Å². The van der Waals surface area contributed by atoms with E-state index in [-0.39, 0.29) is 0 Å². The summed E-state index contributed by atoms with van der Waals surface area (Å²) in [5.41, 5.74) is 1.42. The lowest BCUT2D eigenvalue weighted by Crippen LogP contribution is -2.04. The van der Waals surface area contributed by atoms with Crippen molar-refractivity contribution in [2.45, 2.75) is 37.1 Å². The quantitative estimate of drug-likeness (QED) is 0.859. The first-order valence-electron chi connectivity index (χ1n) is 6.91. The van der Waals surface area contributed by atoms with E-state index >= 15 is 0 Å². The van der Waals surface area contributed by atoms with Crippen LogP contribution in [-0.4, -0.2) is 25.6 Å². The SMILES string of the molecule is Cc1nnc(SCC(O)c2ccc(C#N)cc2)n1C1CC1. The Labute approximate surface area is 127 Å². The van der Waals surface area contributed by atoms with Gasteiger partial charge in [0.15, 0.2) is 5.16 Å². The summed E-state index contributed by atoms with van der Waals surface area (Å²) in [6.07, 6.45) is 1.79. The third-order valence-electron chi connectivity index (χ3n) is 3.54. The van der Waals surface area contributed by atoms with E-state index in [9.17, 15) is 5.11 Å². The fraction of sp³-hybridized carbons (Fsp3) is 0.400. The number of thioether (sulfide) groups is 1. The minimum Gasteiger partial charge on any atom is -0.388 e. The highest BCUT2D eigenvalue weighted by molar-refractivity contribution is 7.99. The molecule has 3 rings (SSSR count). The summed E-state index contributed by atoms with van der Waals surface area (Å²) in [5.74, 6) is 1.46. The molecule has 1 aromatic heterocycles. The van der Waals surface area contributed by atoms with Crippen molar-refractivity contribution in [2.75, 3.05) is 5.75 Å². The third kappa shape index (κ3) is 3.09. The Balaban J connectivity index is 1.65. The Kier molecular flexibility index (Phi) is 3.95. The van der Waals surface area contributed by atoms with Crippen LogP contribution in [-0.2, 0) is 0 Å². The Morgan fingerprint density at radius 3 is 2.71 bits per heavy atom. The molecule has 1 N–H and O–H groups in total. The molecule has 0 saturated heterocycles. The third-order valence-corrected chi connectivity index (χ3v) is 4.56. The zero-order valence-electron chi connectivity index (χ0n) is 11.7. The molecule has 0 spiro atoms. The van der Waals surface area contributed by atoms with Crippen molar-refractivity contribution in [3.63, 3.8) is 0 Å². The van der Waals surface area contributed by atoms with Gasteiger partial charge in [-0.15, -0.1) is 10.2 Å². The van der Waals surface area contributed by atoms with Crippen LogP contribution in [0.15, 0.2) is 29.4 Å². The first kappa shape index (κ1) is 14.1. The molecule has 2 aromatic rings. The largest absolute Gasteiger partial charge is 0.388 e. The van der Waals surface area contributed by atoms with Gasteiger partial charge in [-0.3, -0.25) is 0 Å². The molecule has 0 bridgehead atoms. The van der Waals surface area contributed by atoms with Crippen LogP contribution in [0.4, 0.5) is 0 Å². The maximum Gasteiger partial charge on any atom is 0.191 e. The van der Waals surface area contributed by atoms with Gasteiger partial charge in [-0.25, -0.2) is 0 Å². The molecular weight excluding hydrogens is 284 g/mol. The topological polar surface area (TPSA) is 74.7 Å². The molecule has 5 nitrogen and oxygen atoms in total. The smallest absolute Gasteiger partial charge is 0.191 e. The van der Waals surface area contributed by atoms with Crippen molar-refractivity contribution in [3.05, 3.63) is 41.2 Å². The van der Waals surface area contributed by atoms with Gasteiger partial charge >= 0.3 is 0 Å². The minimum absolute atomic E-state index is 0.525. The van der Waals surface area contributed by atoms with Gasteiger partial charge in [-0.2, -0.15) is 5.26 Å². The van der Waals surface area contributed by atoms with Crippen LogP contribution in [0.2, 0.25) is 0 Å². The lowest BCUT2D eigenvalue weighted by Gasteiger charge is -2.11. The van der Waals surface area contributed by atoms with Gasteiger partial charge in [0, 0.05) is 11.8 Å². The zero-order chi connectivity index (χ0) is 14.8. The van der Waals surface area contributed by atoms with Crippen molar-refractivity contribution in [3.8, 4) is 6.07 Å². The molecule has 1 aliphatic rings. The summed E-state index contributed by atoms with van der Waals surface area (Å²) in [7, 11) is 0. The molecule has 0 amide bonds. The number of aromatic nitrogens is 3. The maximum absolute atomic E-state index is 10.2. The lowest BCUT2D eigenvalue weighted by molar-refractivity contribution is 0.204. The maximum atomic E-state index is 10.2. The molecule has 1 heterocycles. The highest BCUT2D eigenvalue weighted by atomic mass is 32.2. The van der Waals surface area contributed by atoms with Crippen molar-refractivity contribution in [1.82, 2.24) is 14.8 Å². The van der Waals surface area contributed by atoms with E-state index < -0.39 is 6.10 Å². The number of nitrogens with zero attached hydrogens (tertiary/aromatic N) is 4. The average molecular weight is 300 g/mol. The number of hydrogen-bond donors (Lipinski definition) is 1. The monoisotopic (exact) mass is 300 g/mol. The fourth-order valence-electron chi connectivity index (χ4n) is 2.23. The predicted octanol–water partition coefficient (Wildman–Crippen LogP) is 2.62. The Bertz CT molecular complexity index is 670. The van der Waals surface area contributed by atoms with Crippen LogP contribution in [0.1, 0.15) is 41.9 Å². The molecule has 0 radical (unpaired) electrons. The summed E-state index contributed by atoms with van der Waals surface area (Å²) < 4.78 is 2.16. The number of rotatable bonds is 5. The van der Waals surface area contributed by atoms with Crippen molar-refractivity contribution < 1.29 is 5.11 Å². The van der Waals surface area contributed by atoms with E-state index in [2.05, 4.69) is 20.8 Å². The van der Waals surface area contributed by atoms with E-state index in [1.54, 1.807) is 24.3 Å². The zero-order valence-corrected chi connectivity index (χ0v) is 12.5. The molecule has 21 heavy (non-hydrogen) atoms.